The van der Waals surface area contributed by atoms with Crippen LogP contribution in [-0.4, -0.2) is 16.5 Å². The van der Waals surface area contributed by atoms with E-state index in [1.807, 2.05) is 12.1 Å². The van der Waals surface area contributed by atoms with Crippen LogP contribution in [0.25, 0.3) is 11.5 Å². The van der Waals surface area contributed by atoms with E-state index in [0.717, 1.165) is 28.0 Å². The SMILES string of the molecule is CCCNc1nc(N)nc(-c2ccco2)c1I. The predicted octanol–water partition coefficient (Wildman–Crippen LogP) is 2.75. The van der Waals surface area contributed by atoms with Gasteiger partial charge in [-0.3, -0.25) is 0 Å². The Morgan fingerprint density at radius 3 is 2.94 bits per heavy atom. The molecule has 0 atom stereocenters. The Labute approximate surface area is 113 Å². The van der Waals surface area contributed by atoms with Crippen molar-refractivity contribution in [3.63, 3.8) is 0 Å². The van der Waals surface area contributed by atoms with Crippen LogP contribution in [-0.2, 0) is 0 Å². The molecule has 0 radical (unpaired) electrons. The van der Waals surface area contributed by atoms with Gasteiger partial charge in [-0.1, -0.05) is 6.92 Å². The molecular weight excluding hydrogens is 331 g/mol. The van der Waals surface area contributed by atoms with E-state index in [2.05, 4.69) is 44.8 Å². The fourth-order valence-corrected chi connectivity index (χ4v) is 2.10. The molecule has 0 saturated heterocycles. The molecule has 0 spiro atoms. The minimum atomic E-state index is 0.246. The third kappa shape index (κ3) is 2.68. The van der Waals surface area contributed by atoms with Crippen LogP contribution in [0.15, 0.2) is 22.8 Å². The highest BCUT2D eigenvalue weighted by atomic mass is 127. The Morgan fingerprint density at radius 1 is 1.47 bits per heavy atom. The Kier molecular flexibility index (Phi) is 3.82. The van der Waals surface area contributed by atoms with E-state index in [1.165, 1.54) is 0 Å². The second-order valence-corrected chi connectivity index (χ2v) is 4.58. The molecule has 0 unspecified atom stereocenters. The highest BCUT2D eigenvalue weighted by Gasteiger charge is 2.14. The average Bonchev–Trinajstić information content (AvgIpc) is 2.83. The molecule has 0 fully saturated rings. The van der Waals surface area contributed by atoms with E-state index < -0.39 is 0 Å². The lowest BCUT2D eigenvalue weighted by Gasteiger charge is -2.09. The quantitative estimate of drug-likeness (QED) is 0.834. The molecular formula is C11H13IN4O. The number of furan rings is 1. The minimum absolute atomic E-state index is 0.246. The first-order valence-corrected chi connectivity index (χ1v) is 6.41. The lowest BCUT2D eigenvalue weighted by atomic mass is 10.3. The highest BCUT2D eigenvalue weighted by molar-refractivity contribution is 14.1. The van der Waals surface area contributed by atoms with Gasteiger partial charge in [-0.25, -0.2) is 4.98 Å². The summed E-state index contributed by atoms with van der Waals surface area (Å²) in [5, 5.41) is 3.23. The number of nitrogen functional groups attached to an aromatic ring is 1. The van der Waals surface area contributed by atoms with Gasteiger partial charge in [0.2, 0.25) is 5.95 Å². The molecule has 90 valence electrons. The van der Waals surface area contributed by atoms with Crippen LogP contribution in [0.3, 0.4) is 0 Å². The van der Waals surface area contributed by atoms with Crippen molar-refractivity contribution in [1.29, 1.82) is 0 Å². The van der Waals surface area contributed by atoms with Crippen molar-refractivity contribution in [2.24, 2.45) is 0 Å². The van der Waals surface area contributed by atoms with Crippen molar-refractivity contribution < 1.29 is 4.42 Å². The van der Waals surface area contributed by atoms with Crippen molar-refractivity contribution in [3.8, 4) is 11.5 Å². The van der Waals surface area contributed by atoms with Gasteiger partial charge in [0.1, 0.15) is 11.5 Å². The van der Waals surface area contributed by atoms with Gasteiger partial charge in [-0.05, 0) is 41.1 Å². The fourth-order valence-electron chi connectivity index (χ4n) is 1.40. The molecule has 2 heterocycles. The van der Waals surface area contributed by atoms with Crippen molar-refractivity contribution in [2.45, 2.75) is 13.3 Å². The maximum Gasteiger partial charge on any atom is 0.222 e. The molecule has 0 aliphatic heterocycles. The molecule has 6 heteroatoms. The van der Waals surface area contributed by atoms with Crippen LogP contribution in [0.1, 0.15) is 13.3 Å². The summed E-state index contributed by atoms with van der Waals surface area (Å²) in [6.45, 7) is 2.95. The zero-order valence-corrected chi connectivity index (χ0v) is 11.6. The molecule has 0 amide bonds. The van der Waals surface area contributed by atoms with Crippen LogP contribution in [0.5, 0.6) is 0 Å². The summed E-state index contributed by atoms with van der Waals surface area (Å²) in [5.74, 6) is 1.70. The number of anilines is 2. The number of hydrogen-bond donors (Lipinski definition) is 2. The van der Waals surface area contributed by atoms with E-state index in [9.17, 15) is 0 Å². The summed E-state index contributed by atoms with van der Waals surface area (Å²) in [7, 11) is 0. The van der Waals surface area contributed by atoms with Gasteiger partial charge in [0.15, 0.2) is 5.76 Å². The number of aromatic nitrogens is 2. The number of nitrogens with zero attached hydrogens (tertiary/aromatic N) is 2. The minimum Gasteiger partial charge on any atom is -0.463 e. The molecule has 2 aromatic heterocycles. The monoisotopic (exact) mass is 344 g/mol. The van der Waals surface area contributed by atoms with Crippen LogP contribution >= 0.6 is 22.6 Å². The summed E-state index contributed by atoms with van der Waals surface area (Å²) in [4.78, 5) is 8.40. The van der Waals surface area contributed by atoms with Gasteiger partial charge in [-0.2, -0.15) is 4.98 Å². The lowest BCUT2D eigenvalue weighted by Crippen LogP contribution is -2.08. The molecule has 2 rings (SSSR count). The molecule has 0 saturated carbocycles. The van der Waals surface area contributed by atoms with Gasteiger partial charge in [-0.15, -0.1) is 0 Å². The Morgan fingerprint density at radius 2 is 2.29 bits per heavy atom. The second kappa shape index (κ2) is 5.35. The zero-order valence-electron chi connectivity index (χ0n) is 9.40. The second-order valence-electron chi connectivity index (χ2n) is 3.50. The molecule has 0 aliphatic rings. The number of rotatable bonds is 4. The van der Waals surface area contributed by atoms with Crippen molar-refractivity contribution in [3.05, 3.63) is 22.0 Å². The third-order valence-electron chi connectivity index (χ3n) is 2.17. The van der Waals surface area contributed by atoms with E-state index in [4.69, 9.17) is 10.2 Å². The maximum atomic E-state index is 5.70. The van der Waals surface area contributed by atoms with Gasteiger partial charge in [0.25, 0.3) is 0 Å². The summed E-state index contributed by atoms with van der Waals surface area (Å²) >= 11 is 2.20. The molecule has 0 aliphatic carbocycles. The third-order valence-corrected chi connectivity index (χ3v) is 3.19. The number of halogens is 1. The van der Waals surface area contributed by atoms with Crippen molar-refractivity contribution in [2.75, 3.05) is 17.6 Å². The molecule has 0 aromatic carbocycles. The van der Waals surface area contributed by atoms with Crippen molar-refractivity contribution in [1.82, 2.24) is 9.97 Å². The first-order chi connectivity index (χ1) is 8.22. The summed E-state index contributed by atoms with van der Waals surface area (Å²) in [5.41, 5.74) is 6.42. The zero-order chi connectivity index (χ0) is 12.3. The van der Waals surface area contributed by atoms with Crippen LogP contribution in [0.2, 0.25) is 0 Å². The fraction of sp³-hybridized carbons (Fsp3) is 0.273. The number of nitrogens with one attached hydrogen (secondary N) is 1. The molecule has 0 bridgehead atoms. The summed E-state index contributed by atoms with van der Waals surface area (Å²) < 4.78 is 6.25. The lowest BCUT2D eigenvalue weighted by molar-refractivity contribution is 0.579. The van der Waals surface area contributed by atoms with Gasteiger partial charge in [0, 0.05) is 6.54 Å². The summed E-state index contributed by atoms with van der Waals surface area (Å²) in [6, 6.07) is 3.68. The Hall–Kier alpha value is -1.31. The molecule has 17 heavy (non-hydrogen) atoms. The van der Waals surface area contributed by atoms with Crippen LogP contribution in [0.4, 0.5) is 11.8 Å². The van der Waals surface area contributed by atoms with Gasteiger partial charge in [0.05, 0.1) is 9.83 Å². The van der Waals surface area contributed by atoms with E-state index >= 15 is 0 Å². The van der Waals surface area contributed by atoms with Crippen LogP contribution in [0, 0.1) is 3.57 Å². The number of hydrogen-bond acceptors (Lipinski definition) is 5. The standard InChI is InChI=1S/C11H13IN4O/c1-2-5-14-10-8(12)9(15-11(13)16-10)7-4-3-6-17-7/h3-4,6H,2,5H2,1H3,(H3,13,14,15,16). The largest absolute Gasteiger partial charge is 0.463 e. The predicted molar refractivity (Wildman–Crippen MR) is 75.6 cm³/mol. The molecule has 3 N–H and O–H groups in total. The average molecular weight is 344 g/mol. The van der Waals surface area contributed by atoms with Gasteiger partial charge < -0.3 is 15.5 Å². The van der Waals surface area contributed by atoms with Crippen molar-refractivity contribution >= 4 is 34.4 Å². The number of nitrogens with two attached hydrogens (primary N) is 1. The highest BCUT2D eigenvalue weighted by Crippen LogP contribution is 2.28. The first kappa shape index (κ1) is 12.2. The topological polar surface area (TPSA) is 77.0 Å². The smallest absolute Gasteiger partial charge is 0.222 e. The Balaban J connectivity index is 2.42. The molecule has 2 aromatic rings. The maximum absolute atomic E-state index is 5.70. The Bertz CT molecular complexity index is 498. The van der Waals surface area contributed by atoms with Crippen LogP contribution < -0.4 is 11.1 Å². The van der Waals surface area contributed by atoms with Gasteiger partial charge >= 0.3 is 0 Å². The van der Waals surface area contributed by atoms with E-state index in [1.54, 1.807) is 6.26 Å². The normalized spacial score (nSPS) is 10.5. The molecule has 5 nitrogen and oxygen atoms in total. The summed E-state index contributed by atoms with van der Waals surface area (Å²) in [6.07, 6.45) is 2.64. The van der Waals surface area contributed by atoms with E-state index in [-0.39, 0.29) is 5.95 Å². The van der Waals surface area contributed by atoms with E-state index in [0.29, 0.717) is 5.76 Å². The first-order valence-electron chi connectivity index (χ1n) is 5.33.